The third-order valence-corrected chi connectivity index (χ3v) is 3.79. The van der Waals surface area contributed by atoms with Crippen LogP contribution in [0.3, 0.4) is 0 Å². The smallest absolute Gasteiger partial charge is 0.295 e. The first-order valence-electron chi connectivity index (χ1n) is 5.09. The molecule has 0 radical (unpaired) electrons. The highest BCUT2D eigenvalue weighted by Crippen LogP contribution is 2.24. The molecule has 0 aliphatic heterocycles. The fraction of sp³-hybridized carbons (Fsp3) is 0.0909. The van der Waals surface area contributed by atoms with Crippen molar-refractivity contribution in [1.82, 2.24) is 0 Å². The molecule has 0 bridgehead atoms. The molecule has 7 heteroatoms. The van der Waals surface area contributed by atoms with Gasteiger partial charge in [-0.1, -0.05) is 23.7 Å². The predicted molar refractivity (Wildman–Crippen MR) is 68.9 cm³/mol. The van der Waals surface area contributed by atoms with E-state index in [9.17, 15) is 8.42 Å². The van der Waals surface area contributed by atoms with Gasteiger partial charge in [-0.3, -0.25) is 4.72 Å². The summed E-state index contributed by atoms with van der Waals surface area (Å²) in [5, 5.41) is 0.120. The van der Waals surface area contributed by atoms with Gasteiger partial charge in [-0.15, -0.1) is 0 Å². The van der Waals surface area contributed by atoms with Gasteiger partial charge in [0.05, 0.1) is 17.3 Å². The minimum atomic E-state index is -3.78. The first-order chi connectivity index (χ1) is 8.53. The molecule has 1 aromatic carbocycles. The molecule has 0 aliphatic carbocycles. The largest absolute Gasteiger partial charge is 0.446 e. The van der Waals surface area contributed by atoms with Crippen molar-refractivity contribution in [3.63, 3.8) is 0 Å². The summed E-state index contributed by atoms with van der Waals surface area (Å²) < 4.78 is 31.4. The third kappa shape index (κ3) is 2.66. The van der Waals surface area contributed by atoms with Gasteiger partial charge in [0.2, 0.25) is 5.09 Å². The van der Waals surface area contributed by atoms with Crippen molar-refractivity contribution < 1.29 is 12.8 Å². The highest BCUT2D eigenvalue weighted by Gasteiger charge is 2.19. The molecule has 96 valence electrons. The normalized spacial score (nSPS) is 11.4. The number of benzene rings is 1. The Bertz CT molecular complexity index is 652. The predicted octanol–water partition coefficient (Wildman–Crippen LogP) is 2.19. The molecule has 2 rings (SSSR count). The van der Waals surface area contributed by atoms with E-state index in [1.807, 2.05) is 0 Å². The van der Waals surface area contributed by atoms with Crippen LogP contribution in [0.2, 0.25) is 5.02 Å². The number of hydrogen-bond acceptors (Lipinski definition) is 4. The van der Waals surface area contributed by atoms with E-state index in [2.05, 4.69) is 4.72 Å². The number of para-hydroxylation sites is 1. The van der Waals surface area contributed by atoms with Crippen LogP contribution in [0.15, 0.2) is 45.9 Å². The van der Waals surface area contributed by atoms with Crippen molar-refractivity contribution in [2.24, 2.45) is 5.73 Å². The van der Waals surface area contributed by atoms with Crippen LogP contribution < -0.4 is 10.5 Å². The molecular weight excluding hydrogens is 276 g/mol. The number of hydrogen-bond donors (Lipinski definition) is 2. The van der Waals surface area contributed by atoms with E-state index in [1.54, 1.807) is 24.3 Å². The highest BCUT2D eigenvalue weighted by molar-refractivity contribution is 7.92. The van der Waals surface area contributed by atoms with Gasteiger partial charge in [0.25, 0.3) is 10.0 Å². The Morgan fingerprint density at radius 3 is 2.56 bits per heavy atom. The summed E-state index contributed by atoms with van der Waals surface area (Å²) in [6.45, 7) is 0.140. The van der Waals surface area contributed by atoms with Gasteiger partial charge in [0.15, 0.2) is 0 Å². The Labute approximate surface area is 110 Å². The second-order valence-electron chi connectivity index (χ2n) is 3.51. The third-order valence-electron chi connectivity index (χ3n) is 2.22. The summed E-state index contributed by atoms with van der Waals surface area (Å²) in [6.07, 6.45) is 0. The number of rotatable bonds is 4. The lowest BCUT2D eigenvalue weighted by molar-refractivity contribution is 0.417. The van der Waals surface area contributed by atoms with Gasteiger partial charge < -0.3 is 10.2 Å². The zero-order valence-corrected chi connectivity index (χ0v) is 10.8. The molecule has 0 spiro atoms. The van der Waals surface area contributed by atoms with Crippen LogP contribution in [0, 0.1) is 0 Å². The van der Waals surface area contributed by atoms with Gasteiger partial charge >= 0.3 is 0 Å². The van der Waals surface area contributed by atoms with E-state index in [0.717, 1.165) is 0 Å². The summed E-state index contributed by atoms with van der Waals surface area (Å²) in [5.41, 5.74) is 5.65. The Balaban J connectivity index is 2.30. The lowest BCUT2D eigenvalue weighted by atomic mass is 10.3. The quantitative estimate of drug-likeness (QED) is 0.902. The molecule has 0 saturated carbocycles. The van der Waals surface area contributed by atoms with Gasteiger partial charge in [0.1, 0.15) is 5.76 Å². The molecule has 0 aliphatic rings. The first-order valence-corrected chi connectivity index (χ1v) is 6.95. The zero-order chi connectivity index (χ0) is 13.2. The van der Waals surface area contributed by atoms with Crippen LogP contribution in [0.25, 0.3) is 0 Å². The van der Waals surface area contributed by atoms with Crippen molar-refractivity contribution in [3.05, 3.63) is 47.2 Å². The van der Waals surface area contributed by atoms with Crippen molar-refractivity contribution >= 4 is 27.3 Å². The number of nitrogens with two attached hydrogens (primary N) is 1. The van der Waals surface area contributed by atoms with Crippen LogP contribution in [-0.4, -0.2) is 8.42 Å². The Morgan fingerprint density at radius 2 is 1.94 bits per heavy atom. The standard InChI is InChI=1S/C11H11ClN2O3S/c12-9-3-1-2-4-10(9)14-18(15,16)11-6-5-8(7-13)17-11/h1-6,14H,7,13H2. The molecule has 0 atom stereocenters. The number of furan rings is 1. The molecule has 0 unspecified atom stereocenters. The van der Waals surface area contributed by atoms with Crippen molar-refractivity contribution in [1.29, 1.82) is 0 Å². The van der Waals surface area contributed by atoms with E-state index in [4.69, 9.17) is 21.8 Å². The fourth-order valence-electron chi connectivity index (χ4n) is 1.35. The maximum absolute atomic E-state index is 12.0. The summed E-state index contributed by atoms with van der Waals surface area (Å²) in [7, 11) is -3.78. The van der Waals surface area contributed by atoms with Crippen molar-refractivity contribution in [3.8, 4) is 0 Å². The zero-order valence-electron chi connectivity index (χ0n) is 9.26. The second-order valence-corrected chi connectivity index (χ2v) is 5.53. The van der Waals surface area contributed by atoms with Gasteiger partial charge in [-0.05, 0) is 24.3 Å². The monoisotopic (exact) mass is 286 g/mol. The van der Waals surface area contributed by atoms with Gasteiger partial charge in [0, 0.05) is 0 Å². The first kappa shape index (κ1) is 12.9. The van der Waals surface area contributed by atoms with Crippen LogP contribution in [-0.2, 0) is 16.6 Å². The lowest BCUT2D eigenvalue weighted by Crippen LogP contribution is -2.12. The molecule has 5 nitrogen and oxygen atoms in total. The Hall–Kier alpha value is -1.50. The van der Waals surface area contributed by atoms with Gasteiger partial charge in [-0.2, -0.15) is 8.42 Å². The Kier molecular flexibility index (Phi) is 3.60. The van der Waals surface area contributed by atoms with Crippen LogP contribution in [0.5, 0.6) is 0 Å². The van der Waals surface area contributed by atoms with E-state index in [1.165, 1.54) is 12.1 Å². The topological polar surface area (TPSA) is 85.3 Å². The maximum Gasteiger partial charge on any atom is 0.295 e. The Morgan fingerprint density at radius 1 is 1.22 bits per heavy atom. The average Bonchev–Trinajstić information content (AvgIpc) is 2.81. The number of halogens is 1. The fourth-order valence-corrected chi connectivity index (χ4v) is 2.62. The lowest BCUT2D eigenvalue weighted by Gasteiger charge is -2.06. The molecule has 1 heterocycles. The van der Waals surface area contributed by atoms with Crippen molar-refractivity contribution in [2.75, 3.05) is 4.72 Å². The SMILES string of the molecule is NCc1ccc(S(=O)(=O)Nc2ccccc2Cl)o1. The van der Waals surface area contributed by atoms with Crippen LogP contribution in [0.1, 0.15) is 5.76 Å². The average molecular weight is 287 g/mol. The number of sulfonamides is 1. The summed E-state index contributed by atoms with van der Waals surface area (Å²) in [4.78, 5) is 0. The molecule has 0 fully saturated rings. The molecule has 0 amide bonds. The molecule has 18 heavy (non-hydrogen) atoms. The van der Waals surface area contributed by atoms with Gasteiger partial charge in [-0.25, -0.2) is 0 Å². The molecular formula is C11H11ClN2O3S. The van der Waals surface area contributed by atoms with E-state index in [0.29, 0.717) is 16.5 Å². The van der Waals surface area contributed by atoms with E-state index in [-0.39, 0.29) is 11.6 Å². The molecule has 1 aromatic heterocycles. The number of nitrogens with one attached hydrogen (secondary N) is 1. The summed E-state index contributed by atoms with van der Waals surface area (Å²) >= 11 is 5.87. The summed E-state index contributed by atoms with van der Waals surface area (Å²) in [5.74, 6) is 0.398. The van der Waals surface area contributed by atoms with E-state index < -0.39 is 10.0 Å². The molecule has 0 saturated heterocycles. The minimum absolute atomic E-state index is 0.140. The van der Waals surface area contributed by atoms with Crippen LogP contribution in [0.4, 0.5) is 5.69 Å². The maximum atomic E-state index is 12.0. The number of anilines is 1. The second kappa shape index (κ2) is 5.01. The summed E-state index contributed by atoms with van der Waals surface area (Å²) in [6, 6.07) is 9.40. The molecule has 2 aromatic rings. The van der Waals surface area contributed by atoms with Crippen LogP contribution >= 0.6 is 11.6 Å². The molecule has 3 N–H and O–H groups in total. The highest BCUT2D eigenvalue weighted by atomic mass is 35.5. The van der Waals surface area contributed by atoms with Crippen molar-refractivity contribution in [2.45, 2.75) is 11.6 Å². The van der Waals surface area contributed by atoms with E-state index >= 15 is 0 Å². The minimum Gasteiger partial charge on any atom is -0.446 e.